The molecule has 38 heavy (non-hydrogen) atoms. The smallest absolute Gasteiger partial charge is 0.243 e. The number of aliphatic imine (C=N–C) groups is 1. The van der Waals surface area contributed by atoms with Crippen LogP contribution < -0.4 is 21.1 Å². The lowest BCUT2D eigenvalue weighted by Crippen LogP contribution is -2.50. The minimum absolute atomic E-state index is 0.0124. The Morgan fingerprint density at radius 3 is 2.71 bits per heavy atom. The van der Waals surface area contributed by atoms with E-state index in [1.165, 1.54) is 6.92 Å². The molecule has 1 aliphatic carbocycles. The molecule has 1 heterocycles. The Balaban J connectivity index is 1.65. The molecule has 1 aliphatic heterocycles. The lowest BCUT2D eigenvalue weighted by molar-refractivity contribution is -0.137. The van der Waals surface area contributed by atoms with E-state index in [1.54, 1.807) is 42.4 Å². The number of amides is 2. The van der Waals surface area contributed by atoms with Crippen LogP contribution in [0.15, 0.2) is 35.0 Å². The van der Waals surface area contributed by atoms with Crippen LogP contribution in [-0.4, -0.2) is 77.6 Å². The van der Waals surface area contributed by atoms with Crippen molar-refractivity contribution in [2.75, 3.05) is 32.1 Å². The van der Waals surface area contributed by atoms with Crippen LogP contribution in [0.5, 0.6) is 5.75 Å². The average molecular weight is 566 g/mol. The zero-order valence-corrected chi connectivity index (χ0v) is 23.2. The summed E-state index contributed by atoms with van der Waals surface area (Å²) in [6.45, 7) is 3.61. The second-order valence-corrected chi connectivity index (χ2v) is 11.1. The topological polar surface area (TPSA) is 150 Å². The molecule has 0 aromatic heterocycles. The second kappa shape index (κ2) is 12.6. The van der Waals surface area contributed by atoms with E-state index >= 15 is 0 Å². The minimum Gasteiger partial charge on any atom is -0.487 e. The molecule has 0 radical (unpaired) electrons. The maximum atomic E-state index is 13.1. The van der Waals surface area contributed by atoms with Crippen LogP contribution in [0, 0.1) is 11.3 Å². The number of carbonyl (C=O) groups is 3. The van der Waals surface area contributed by atoms with Gasteiger partial charge >= 0.3 is 0 Å². The molecule has 1 aromatic rings. The van der Waals surface area contributed by atoms with Gasteiger partial charge < -0.3 is 26.0 Å². The van der Waals surface area contributed by atoms with Crippen molar-refractivity contribution in [2.24, 2.45) is 16.6 Å². The summed E-state index contributed by atoms with van der Waals surface area (Å²) in [6.07, 6.45) is 5.06. The second-order valence-electron chi connectivity index (χ2n) is 9.54. The van der Waals surface area contributed by atoms with Crippen molar-refractivity contribution < 1.29 is 19.1 Å². The molecule has 0 spiro atoms. The maximum absolute atomic E-state index is 13.1. The van der Waals surface area contributed by atoms with Gasteiger partial charge in [-0.3, -0.25) is 24.8 Å². The molecule has 3 atom stereocenters. The molecule has 1 saturated heterocycles. The van der Waals surface area contributed by atoms with Crippen molar-refractivity contribution in [1.82, 2.24) is 10.2 Å². The van der Waals surface area contributed by atoms with E-state index in [4.69, 9.17) is 39.1 Å². The zero-order valence-electron chi connectivity index (χ0n) is 21.7. The summed E-state index contributed by atoms with van der Waals surface area (Å²) in [5.41, 5.74) is 6.81. The molecule has 2 aliphatic rings. The van der Waals surface area contributed by atoms with Crippen molar-refractivity contribution in [3.8, 4) is 5.75 Å². The molecule has 2 fully saturated rings. The SMILES string of the molecule is CN=C/C=C(\N)COc1ccc(NCC(=O)N2CCC[C@H]2C(=O)N[C@H](C)[C@H]2CC2(Cl)Cl)c(C(=N)C(C)=O)c1. The summed E-state index contributed by atoms with van der Waals surface area (Å²) >= 11 is 12.2. The van der Waals surface area contributed by atoms with Crippen molar-refractivity contribution >= 4 is 58.4 Å². The highest BCUT2D eigenvalue weighted by molar-refractivity contribution is 6.51. The fourth-order valence-electron chi connectivity index (χ4n) is 4.36. The Morgan fingerprint density at radius 1 is 1.37 bits per heavy atom. The number of ether oxygens (including phenoxy) is 1. The number of nitrogens with two attached hydrogens (primary N) is 1. The Morgan fingerprint density at radius 2 is 2.08 bits per heavy atom. The summed E-state index contributed by atoms with van der Waals surface area (Å²) in [7, 11) is 1.63. The Hall–Kier alpha value is -3.11. The normalized spacial score (nSPS) is 21.2. The number of allylic oxidation sites excluding steroid dienone is 1. The number of ketones is 1. The van der Waals surface area contributed by atoms with Crippen LogP contribution >= 0.6 is 23.2 Å². The predicted octanol–water partition coefficient (Wildman–Crippen LogP) is 2.67. The van der Waals surface area contributed by atoms with Gasteiger partial charge in [0.2, 0.25) is 11.8 Å². The van der Waals surface area contributed by atoms with Crippen LogP contribution in [0.25, 0.3) is 0 Å². The summed E-state index contributed by atoms with van der Waals surface area (Å²) in [5.74, 6) is -0.525. The lowest BCUT2D eigenvalue weighted by Gasteiger charge is -2.26. The molecule has 5 N–H and O–H groups in total. The van der Waals surface area contributed by atoms with Gasteiger partial charge in [-0.15, -0.1) is 23.2 Å². The number of anilines is 1. The molecule has 1 aromatic carbocycles. The molecule has 12 heteroatoms. The van der Waals surface area contributed by atoms with E-state index in [1.807, 2.05) is 6.92 Å². The van der Waals surface area contributed by atoms with Crippen LogP contribution in [0.1, 0.15) is 38.7 Å². The van der Waals surface area contributed by atoms with Crippen molar-refractivity contribution in [1.29, 1.82) is 5.41 Å². The lowest BCUT2D eigenvalue weighted by atomic mass is 10.0. The number of Topliss-reactive ketones (excluding diaryl/α,β-unsaturated/α-hetero) is 1. The number of nitrogens with one attached hydrogen (secondary N) is 3. The molecule has 206 valence electrons. The van der Waals surface area contributed by atoms with Gasteiger partial charge in [0, 0.05) is 55.6 Å². The zero-order chi connectivity index (χ0) is 28.0. The summed E-state index contributed by atoms with van der Waals surface area (Å²) < 4.78 is 4.87. The van der Waals surface area contributed by atoms with Crippen LogP contribution in [0.4, 0.5) is 5.69 Å². The van der Waals surface area contributed by atoms with Gasteiger partial charge in [0.05, 0.1) is 6.54 Å². The standard InChI is InChI=1S/C26H34Cl2N6O4/c1-15(20-12-26(20,27)28)33-25(37)22-5-4-10-34(22)23(36)13-32-21-7-6-18(11-19(21)24(30)16(2)35)38-14-17(29)8-9-31-3/h6-9,11,15,20,22,30,32H,4-5,10,12-14,29H2,1-3H3,(H,33,37)/b17-8-,30-24?,31-9?/t15-,20-,22+/m1/s1. The largest absolute Gasteiger partial charge is 0.487 e. The summed E-state index contributed by atoms with van der Waals surface area (Å²) in [6, 6.07) is 4.08. The van der Waals surface area contributed by atoms with Gasteiger partial charge in [0.15, 0.2) is 5.78 Å². The third-order valence-corrected chi connectivity index (χ3v) is 7.48. The van der Waals surface area contributed by atoms with Gasteiger partial charge in [0.25, 0.3) is 0 Å². The van der Waals surface area contributed by atoms with Crippen LogP contribution in [0.3, 0.4) is 0 Å². The molecule has 10 nitrogen and oxygen atoms in total. The van der Waals surface area contributed by atoms with Gasteiger partial charge in [0.1, 0.15) is 28.4 Å². The van der Waals surface area contributed by atoms with Crippen LogP contribution in [0.2, 0.25) is 0 Å². The van der Waals surface area contributed by atoms with Crippen LogP contribution in [-0.2, 0) is 14.4 Å². The van der Waals surface area contributed by atoms with E-state index in [2.05, 4.69) is 15.6 Å². The fraction of sp³-hybridized carbons (Fsp3) is 0.500. The van der Waals surface area contributed by atoms with E-state index < -0.39 is 16.2 Å². The number of carbonyl (C=O) groups excluding carboxylic acids is 3. The minimum atomic E-state index is -0.805. The Kier molecular flexibility index (Phi) is 9.78. The number of hydrogen-bond donors (Lipinski definition) is 4. The predicted molar refractivity (Wildman–Crippen MR) is 150 cm³/mol. The Bertz CT molecular complexity index is 1150. The van der Waals surface area contributed by atoms with E-state index in [0.717, 1.165) is 0 Å². The summed E-state index contributed by atoms with van der Waals surface area (Å²) in [4.78, 5) is 43.3. The molecular formula is C26H34Cl2N6O4. The first kappa shape index (κ1) is 29.4. The Labute approximate surface area is 232 Å². The van der Waals surface area contributed by atoms with Gasteiger partial charge in [-0.05, 0) is 50.5 Å². The summed E-state index contributed by atoms with van der Waals surface area (Å²) in [5, 5.41) is 14.2. The first-order valence-electron chi connectivity index (χ1n) is 12.4. The molecular weight excluding hydrogens is 531 g/mol. The highest BCUT2D eigenvalue weighted by Crippen LogP contribution is 2.54. The van der Waals surface area contributed by atoms with Gasteiger partial charge in [-0.1, -0.05) is 0 Å². The van der Waals surface area contributed by atoms with Crippen molar-refractivity contribution in [3.05, 3.63) is 35.5 Å². The van der Waals surface area contributed by atoms with E-state index in [-0.39, 0.29) is 42.6 Å². The molecule has 1 saturated carbocycles. The monoisotopic (exact) mass is 564 g/mol. The number of rotatable bonds is 12. The third kappa shape index (κ3) is 7.48. The van der Waals surface area contributed by atoms with Crippen molar-refractivity contribution in [3.63, 3.8) is 0 Å². The molecule has 0 unspecified atom stereocenters. The number of likely N-dealkylation sites (tertiary alicyclic amines) is 1. The highest BCUT2D eigenvalue weighted by Gasteiger charge is 2.55. The number of hydrogen-bond acceptors (Lipinski definition) is 8. The number of benzene rings is 1. The van der Waals surface area contributed by atoms with E-state index in [9.17, 15) is 14.4 Å². The van der Waals surface area contributed by atoms with Gasteiger partial charge in [-0.25, -0.2) is 0 Å². The highest BCUT2D eigenvalue weighted by atomic mass is 35.5. The van der Waals surface area contributed by atoms with E-state index in [0.29, 0.717) is 48.5 Å². The molecule has 2 amide bonds. The van der Waals surface area contributed by atoms with Crippen molar-refractivity contribution in [2.45, 2.75) is 49.5 Å². The molecule has 0 bridgehead atoms. The number of nitrogens with zero attached hydrogens (tertiary/aromatic N) is 2. The van der Waals surface area contributed by atoms with Gasteiger partial charge in [-0.2, -0.15) is 0 Å². The maximum Gasteiger partial charge on any atom is 0.243 e. The third-order valence-electron chi connectivity index (χ3n) is 6.61. The molecule has 3 rings (SSSR count). The average Bonchev–Trinajstić information content (AvgIpc) is 3.27. The number of alkyl halides is 2. The first-order chi connectivity index (χ1) is 17.9. The first-order valence-corrected chi connectivity index (χ1v) is 13.1. The number of halogens is 2. The quantitative estimate of drug-likeness (QED) is 0.226. The fourth-order valence-corrected chi connectivity index (χ4v) is 5.07.